The molecule has 3 aromatic rings. The number of nitrogens with zero attached hydrogens (tertiary/aromatic N) is 6. The SMILES string of the molecule is COCCN(/N=C/c1cc(-c2cncn2C)nc2cc(Cl)c(CCC#N)cc12)C(N)=S. The second-order valence-corrected chi connectivity index (χ2v) is 7.63. The summed E-state index contributed by atoms with van der Waals surface area (Å²) < 4.78 is 6.99. The Morgan fingerprint density at radius 2 is 2.26 bits per heavy atom. The van der Waals surface area contributed by atoms with Crippen molar-refractivity contribution in [1.82, 2.24) is 19.5 Å². The maximum Gasteiger partial charge on any atom is 0.187 e. The van der Waals surface area contributed by atoms with E-state index in [1.165, 1.54) is 5.01 Å². The number of hydrogen-bond acceptors (Lipinski definition) is 6. The van der Waals surface area contributed by atoms with Gasteiger partial charge in [-0.25, -0.2) is 15.0 Å². The van der Waals surface area contributed by atoms with Crippen LogP contribution in [0.2, 0.25) is 5.02 Å². The molecule has 31 heavy (non-hydrogen) atoms. The molecule has 0 aliphatic carbocycles. The van der Waals surface area contributed by atoms with E-state index in [0.717, 1.165) is 27.9 Å². The number of imidazole rings is 1. The zero-order valence-electron chi connectivity index (χ0n) is 17.2. The maximum atomic E-state index is 8.95. The Labute approximate surface area is 190 Å². The lowest BCUT2D eigenvalue weighted by Crippen LogP contribution is -2.33. The summed E-state index contributed by atoms with van der Waals surface area (Å²) in [6.45, 7) is 0.860. The lowest BCUT2D eigenvalue weighted by molar-refractivity contribution is 0.178. The fraction of sp³-hybridized carbons (Fsp3) is 0.286. The highest BCUT2D eigenvalue weighted by Crippen LogP contribution is 2.29. The second kappa shape index (κ2) is 10.3. The first-order chi connectivity index (χ1) is 14.9. The molecule has 10 heteroatoms. The van der Waals surface area contributed by atoms with Crippen molar-refractivity contribution in [3.8, 4) is 17.5 Å². The van der Waals surface area contributed by atoms with E-state index in [-0.39, 0.29) is 5.11 Å². The van der Waals surface area contributed by atoms with Crippen LogP contribution in [0.15, 0.2) is 35.8 Å². The molecule has 3 rings (SSSR count). The second-order valence-electron chi connectivity index (χ2n) is 6.80. The van der Waals surface area contributed by atoms with Crippen molar-refractivity contribution >= 4 is 46.0 Å². The standard InChI is InChI=1S/C21H22ClN7OS/c1-28-13-25-12-20(28)19-9-15(11-26-29(21(24)31)6-7-30-2)16-8-14(4-3-5-23)17(22)10-18(16)27-19/h8-13H,3-4,6-7H2,1-2H3,(H2,24,31)/b26-11+. The van der Waals surface area contributed by atoms with Gasteiger partial charge in [0.1, 0.15) is 0 Å². The lowest BCUT2D eigenvalue weighted by Gasteiger charge is -2.16. The van der Waals surface area contributed by atoms with Crippen LogP contribution in [0.4, 0.5) is 0 Å². The highest BCUT2D eigenvalue weighted by atomic mass is 35.5. The third-order valence-electron chi connectivity index (χ3n) is 4.69. The van der Waals surface area contributed by atoms with Crippen LogP contribution in [0.25, 0.3) is 22.3 Å². The Morgan fingerprint density at radius 1 is 1.45 bits per heavy atom. The minimum Gasteiger partial charge on any atom is -0.383 e. The zero-order valence-corrected chi connectivity index (χ0v) is 18.8. The molecule has 0 fully saturated rings. The molecule has 2 aromatic heterocycles. The van der Waals surface area contributed by atoms with E-state index in [1.807, 2.05) is 29.8 Å². The van der Waals surface area contributed by atoms with Gasteiger partial charge in [-0.2, -0.15) is 10.4 Å². The molecule has 0 atom stereocenters. The van der Waals surface area contributed by atoms with Gasteiger partial charge in [-0.15, -0.1) is 0 Å². The number of thiocarbonyl (C=S) groups is 1. The number of pyridine rings is 1. The minimum absolute atomic E-state index is 0.149. The fourth-order valence-corrected chi connectivity index (χ4v) is 3.47. The van der Waals surface area contributed by atoms with Crippen LogP contribution in [0.3, 0.4) is 0 Å². The summed E-state index contributed by atoms with van der Waals surface area (Å²) in [5.74, 6) is 0. The molecule has 1 aromatic carbocycles. The highest BCUT2D eigenvalue weighted by Gasteiger charge is 2.13. The number of nitrogens with two attached hydrogens (primary N) is 1. The Morgan fingerprint density at radius 3 is 2.90 bits per heavy atom. The van der Waals surface area contributed by atoms with Gasteiger partial charge in [0, 0.05) is 36.6 Å². The smallest absolute Gasteiger partial charge is 0.187 e. The van der Waals surface area contributed by atoms with Gasteiger partial charge in [-0.3, -0.25) is 0 Å². The predicted molar refractivity (Wildman–Crippen MR) is 126 cm³/mol. The Bertz CT molecular complexity index is 1170. The topological polar surface area (TPSA) is 105 Å². The molecule has 0 spiro atoms. The molecular formula is C21H22ClN7OS. The van der Waals surface area contributed by atoms with E-state index in [4.69, 9.17) is 44.5 Å². The van der Waals surface area contributed by atoms with E-state index in [0.29, 0.717) is 36.5 Å². The summed E-state index contributed by atoms with van der Waals surface area (Å²) in [5, 5.41) is 16.5. The summed E-state index contributed by atoms with van der Waals surface area (Å²) >= 11 is 11.6. The number of aryl methyl sites for hydroxylation is 2. The largest absolute Gasteiger partial charge is 0.383 e. The molecular weight excluding hydrogens is 434 g/mol. The normalized spacial score (nSPS) is 11.2. The van der Waals surface area contributed by atoms with E-state index in [1.54, 1.807) is 25.8 Å². The van der Waals surface area contributed by atoms with E-state index in [9.17, 15) is 0 Å². The minimum atomic E-state index is 0.149. The van der Waals surface area contributed by atoms with E-state index < -0.39 is 0 Å². The Kier molecular flexibility index (Phi) is 7.52. The number of ether oxygens (including phenoxy) is 1. The van der Waals surface area contributed by atoms with Crippen LogP contribution in [-0.4, -0.2) is 51.1 Å². The maximum absolute atomic E-state index is 8.95. The number of hydrogen-bond donors (Lipinski definition) is 1. The first kappa shape index (κ1) is 22.6. The Hall–Kier alpha value is -3.06. The third-order valence-corrected chi connectivity index (χ3v) is 5.25. The van der Waals surface area contributed by atoms with Gasteiger partial charge in [0.2, 0.25) is 0 Å². The quantitative estimate of drug-likeness (QED) is 0.315. The lowest BCUT2D eigenvalue weighted by atomic mass is 10.0. The molecule has 2 heterocycles. The number of nitriles is 1. The van der Waals surface area contributed by atoms with Gasteiger partial charge in [0.15, 0.2) is 5.11 Å². The zero-order chi connectivity index (χ0) is 22.4. The first-order valence-electron chi connectivity index (χ1n) is 9.51. The number of benzene rings is 1. The van der Waals surface area contributed by atoms with Crippen molar-refractivity contribution in [3.63, 3.8) is 0 Å². The molecule has 0 aliphatic heterocycles. The van der Waals surface area contributed by atoms with Gasteiger partial charge in [-0.1, -0.05) is 11.6 Å². The number of hydrazone groups is 1. The summed E-state index contributed by atoms with van der Waals surface area (Å²) in [4.78, 5) is 8.96. The molecule has 0 aliphatic rings. The fourth-order valence-electron chi connectivity index (χ4n) is 3.08. The molecule has 160 valence electrons. The van der Waals surface area contributed by atoms with Gasteiger partial charge in [0.05, 0.1) is 54.9 Å². The Balaban J connectivity index is 2.14. The number of halogens is 1. The van der Waals surface area contributed by atoms with Gasteiger partial charge in [-0.05, 0) is 42.4 Å². The monoisotopic (exact) mass is 455 g/mol. The van der Waals surface area contributed by atoms with E-state index >= 15 is 0 Å². The van der Waals surface area contributed by atoms with Crippen LogP contribution in [0.5, 0.6) is 0 Å². The summed E-state index contributed by atoms with van der Waals surface area (Å²) in [6, 6.07) is 7.86. The molecule has 0 radical (unpaired) electrons. The van der Waals surface area contributed by atoms with Crippen LogP contribution in [-0.2, 0) is 18.2 Å². The number of aromatic nitrogens is 3. The first-order valence-corrected chi connectivity index (χ1v) is 10.3. The molecule has 0 saturated heterocycles. The number of methoxy groups -OCH3 is 1. The van der Waals surface area contributed by atoms with Crippen LogP contribution >= 0.6 is 23.8 Å². The van der Waals surface area contributed by atoms with Crippen molar-refractivity contribution in [3.05, 3.63) is 46.9 Å². The summed E-state index contributed by atoms with van der Waals surface area (Å²) in [5.41, 5.74) is 9.79. The molecule has 0 amide bonds. The van der Waals surface area contributed by atoms with E-state index in [2.05, 4.69) is 16.2 Å². The molecule has 8 nitrogen and oxygen atoms in total. The molecule has 0 saturated carbocycles. The van der Waals surface area contributed by atoms with Gasteiger partial charge in [0.25, 0.3) is 0 Å². The molecule has 2 N–H and O–H groups in total. The summed E-state index contributed by atoms with van der Waals surface area (Å²) in [6.07, 6.45) is 6.09. The number of rotatable bonds is 8. The summed E-state index contributed by atoms with van der Waals surface area (Å²) in [7, 11) is 3.50. The molecule has 0 unspecified atom stereocenters. The predicted octanol–water partition coefficient (Wildman–Crippen LogP) is 3.27. The van der Waals surface area contributed by atoms with Crippen molar-refractivity contribution in [2.45, 2.75) is 12.8 Å². The average Bonchev–Trinajstić information content (AvgIpc) is 3.17. The van der Waals surface area contributed by atoms with Crippen molar-refractivity contribution in [2.24, 2.45) is 17.9 Å². The van der Waals surface area contributed by atoms with Crippen LogP contribution < -0.4 is 5.73 Å². The van der Waals surface area contributed by atoms with Crippen molar-refractivity contribution in [1.29, 1.82) is 5.26 Å². The average molecular weight is 456 g/mol. The highest BCUT2D eigenvalue weighted by molar-refractivity contribution is 7.80. The van der Waals surface area contributed by atoms with Crippen molar-refractivity contribution in [2.75, 3.05) is 20.3 Å². The van der Waals surface area contributed by atoms with Crippen LogP contribution in [0.1, 0.15) is 17.5 Å². The van der Waals surface area contributed by atoms with Crippen LogP contribution in [0, 0.1) is 11.3 Å². The van der Waals surface area contributed by atoms with Gasteiger partial charge < -0.3 is 15.0 Å². The third kappa shape index (κ3) is 5.35. The molecule has 0 bridgehead atoms. The number of fused-ring (bicyclic) bond motifs is 1. The van der Waals surface area contributed by atoms with Gasteiger partial charge >= 0.3 is 0 Å². The van der Waals surface area contributed by atoms with Crippen molar-refractivity contribution < 1.29 is 4.74 Å².